The first-order valence-electron chi connectivity index (χ1n) is 8.89. The van der Waals surface area contributed by atoms with E-state index in [1.807, 2.05) is 11.9 Å². The Bertz CT molecular complexity index is 792. The number of aliphatic hydroxyl groups is 2. The fourth-order valence-corrected chi connectivity index (χ4v) is 3.87. The van der Waals surface area contributed by atoms with Gasteiger partial charge in [0.05, 0.1) is 6.61 Å². The minimum absolute atomic E-state index is 0.0206. The lowest BCUT2D eigenvalue weighted by Gasteiger charge is -2.23. The van der Waals surface area contributed by atoms with Crippen LogP contribution in [-0.2, 0) is 7.05 Å². The maximum absolute atomic E-state index is 13.5. The number of halogens is 1. The third-order valence-corrected chi connectivity index (χ3v) is 5.35. The second kappa shape index (κ2) is 7.73. The molecule has 0 saturated carbocycles. The molecule has 1 aromatic heterocycles. The van der Waals surface area contributed by atoms with Crippen LogP contribution in [0.3, 0.4) is 0 Å². The second-order valence-electron chi connectivity index (χ2n) is 7.19. The van der Waals surface area contributed by atoms with E-state index in [0.717, 1.165) is 12.1 Å². The molecule has 0 unspecified atom stereocenters. The van der Waals surface area contributed by atoms with E-state index in [1.165, 1.54) is 12.1 Å². The summed E-state index contributed by atoms with van der Waals surface area (Å²) in [5, 5.41) is 19.5. The van der Waals surface area contributed by atoms with E-state index in [0.29, 0.717) is 30.7 Å². The monoisotopic (exact) mass is 363 g/mol. The first-order valence-corrected chi connectivity index (χ1v) is 8.89. The Kier molecular flexibility index (Phi) is 5.60. The summed E-state index contributed by atoms with van der Waals surface area (Å²) in [5.41, 5.74) is 1.33. The smallest absolute Gasteiger partial charge is 0.270 e. The van der Waals surface area contributed by atoms with Crippen LogP contribution in [0.1, 0.15) is 10.5 Å². The predicted molar refractivity (Wildman–Crippen MR) is 97.4 cm³/mol. The summed E-state index contributed by atoms with van der Waals surface area (Å²) in [6.07, 6.45) is 0. The fourth-order valence-electron chi connectivity index (χ4n) is 3.87. The summed E-state index contributed by atoms with van der Waals surface area (Å²) in [5.74, 6) is -0.245. The highest BCUT2D eigenvalue weighted by Gasteiger charge is 2.36. The van der Waals surface area contributed by atoms with Crippen molar-refractivity contribution >= 4 is 16.8 Å². The van der Waals surface area contributed by atoms with Gasteiger partial charge in [-0.3, -0.25) is 4.79 Å². The molecule has 2 aromatic rings. The minimum atomic E-state index is -0.324. The zero-order valence-corrected chi connectivity index (χ0v) is 15.2. The van der Waals surface area contributed by atoms with Gasteiger partial charge in [-0.15, -0.1) is 0 Å². The van der Waals surface area contributed by atoms with Crippen molar-refractivity contribution in [1.82, 2.24) is 14.4 Å². The molecule has 2 N–H and O–H groups in total. The first kappa shape index (κ1) is 18.8. The number of hydrogen-bond donors (Lipinski definition) is 2. The van der Waals surface area contributed by atoms with Crippen molar-refractivity contribution in [2.24, 2.45) is 18.9 Å². The molecule has 0 radical (unpaired) electrons. The number of carbonyl (C=O) groups is 1. The normalized spacial score (nSPS) is 20.5. The van der Waals surface area contributed by atoms with Crippen LogP contribution in [0, 0.1) is 17.7 Å². The first-order chi connectivity index (χ1) is 12.4. The van der Waals surface area contributed by atoms with Gasteiger partial charge in [-0.05, 0) is 37.2 Å². The summed E-state index contributed by atoms with van der Waals surface area (Å²) in [7, 11) is 3.73. The summed E-state index contributed by atoms with van der Waals surface area (Å²) in [6.45, 7) is 2.47. The van der Waals surface area contributed by atoms with Gasteiger partial charge >= 0.3 is 0 Å². The standard InChI is InChI=1S/C19H26FN3O3/c1-21(5-6-24)9-14-10-23(11-15(14)12-25)19(26)18-8-13-7-16(20)3-4-17(13)22(18)2/h3-4,7-8,14-15,24-25H,5-6,9-12H2,1-2H3/t14-,15-/m1/s1. The lowest BCUT2D eigenvalue weighted by Crippen LogP contribution is -2.33. The fraction of sp³-hybridized carbons (Fsp3) is 0.526. The molecule has 0 aliphatic carbocycles. The van der Waals surface area contributed by atoms with Gasteiger partial charge in [0, 0.05) is 56.7 Å². The molecule has 26 heavy (non-hydrogen) atoms. The molecule has 1 amide bonds. The van der Waals surface area contributed by atoms with E-state index >= 15 is 0 Å². The highest BCUT2D eigenvalue weighted by atomic mass is 19.1. The molecule has 1 aliphatic heterocycles. The van der Waals surface area contributed by atoms with Crippen LogP contribution in [-0.4, -0.2) is 76.9 Å². The van der Waals surface area contributed by atoms with E-state index in [4.69, 9.17) is 5.11 Å². The molecule has 3 rings (SSSR count). The van der Waals surface area contributed by atoms with Crippen molar-refractivity contribution in [2.45, 2.75) is 0 Å². The molecule has 0 spiro atoms. The average Bonchev–Trinajstić information content (AvgIpc) is 3.15. The largest absolute Gasteiger partial charge is 0.396 e. The molecule has 6 nitrogen and oxygen atoms in total. The summed E-state index contributed by atoms with van der Waals surface area (Å²) < 4.78 is 15.2. The van der Waals surface area contributed by atoms with Crippen molar-refractivity contribution in [3.05, 3.63) is 35.8 Å². The summed E-state index contributed by atoms with van der Waals surface area (Å²) in [6, 6.07) is 6.22. The number of carbonyl (C=O) groups excluding carboxylic acids is 1. The number of amides is 1. The van der Waals surface area contributed by atoms with Gasteiger partial charge in [0.15, 0.2) is 0 Å². The molecule has 142 valence electrons. The molecule has 7 heteroatoms. The number of hydrogen-bond acceptors (Lipinski definition) is 4. The molecule has 1 saturated heterocycles. The predicted octanol–water partition coefficient (Wildman–Crippen LogP) is 0.922. The van der Waals surface area contributed by atoms with Gasteiger partial charge in [0.2, 0.25) is 0 Å². The number of aryl methyl sites for hydroxylation is 1. The van der Waals surface area contributed by atoms with E-state index in [9.17, 15) is 14.3 Å². The number of benzene rings is 1. The summed E-state index contributed by atoms with van der Waals surface area (Å²) in [4.78, 5) is 16.8. The maximum Gasteiger partial charge on any atom is 0.270 e. The second-order valence-corrected chi connectivity index (χ2v) is 7.19. The zero-order chi connectivity index (χ0) is 18.8. The van der Waals surface area contributed by atoms with Crippen molar-refractivity contribution in [1.29, 1.82) is 0 Å². The van der Waals surface area contributed by atoms with Crippen LogP contribution >= 0.6 is 0 Å². The molecule has 1 aliphatic rings. The average molecular weight is 363 g/mol. The lowest BCUT2D eigenvalue weighted by atomic mass is 9.96. The third kappa shape index (κ3) is 3.60. The Morgan fingerprint density at radius 3 is 2.69 bits per heavy atom. The lowest BCUT2D eigenvalue weighted by molar-refractivity contribution is 0.0770. The molecule has 1 fully saturated rings. The Hall–Kier alpha value is -1.96. The molecule has 2 atom stereocenters. The van der Waals surface area contributed by atoms with Crippen LogP contribution in [0.15, 0.2) is 24.3 Å². The van der Waals surface area contributed by atoms with Crippen molar-refractivity contribution in [3.63, 3.8) is 0 Å². The Balaban J connectivity index is 1.79. The van der Waals surface area contributed by atoms with Gasteiger partial charge in [-0.2, -0.15) is 0 Å². The van der Waals surface area contributed by atoms with Crippen LogP contribution in [0.4, 0.5) is 4.39 Å². The Morgan fingerprint density at radius 2 is 2.00 bits per heavy atom. The van der Waals surface area contributed by atoms with Crippen LogP contribution < -0.4 is 0 Å². The molecule has 2 heterocycles. The van der Waals surface area contributed by atoms with Gasteiger partial charge in [-0.25, -0.2) is 4.39 Å². The SMILES string of the molecule is CN(CCO)C[C@@H]1CN(C(=O)c2cc3cc(F)ccc3n2C)C[C@@H]1CO. The van der Waals surface area contributed by atoms with E-state index in [-0.39, 0.29) is 36.8 Å². The van der Waals surface area contributed by atoms with E-state index in [2.05, 4.69) is 0 Å². The number of likely N-dealkylation sites (tertiary alicyclic amines) is 1. The van der Waals surface area contributed by atoms with Gasteiger partial charge in [0.25, 0.3) is 5.91 Å². The topological polar surface area (TPSA) is 68.9 Å². The number of aliphatic hydroxyl groups excluding tert-OH is 2. The van der Waals surface area contributed by atoms with Gasteiger partial charge in [-0.1, -0.05) is 0 Å². The highest BCUT2D eigenvalue weighted by Crippen LogP contribution is 2.27. The van der Waals surface area contributed by atoms with Crippen LogP contribution in [0.25, 0.3) is 10.9 Å². The van der Waals surface area contributed by atoms with Crippen LogP contribution in [0.2, 0.25) is 0 Å². The van der Waals surface area contributed by atoms with E-state index < -0.39 is 0 Å². The zero-order valence-electron chi connectivity index (χ0n) is 15.2. The van der Waals surface area contributed by atoms with E-state index in [1.54, 1.807) is 28.6 Å². The highest BCUT2D eigenvalue weighted by molar-refractivity contribution is 5.98. The maximum atomic E-state index is 13.5. The molecular formula is C19H26FN3O3. The van der Waals surface area contributed by atoms with Crippen LogP contribution in [0.5, 0.6) is 0 Å². The molecule has 0 bridgehead atoms. The number of aromatic nitrogens is 1. The summed E-state index contributed by atoms with van der Waals surface area (Å²) >= 11 is 0. The number of rotatable bonds is 6. The van der Waals surface area contributed by atoms with Gasteiger partial charge in [0.1, 0.15) is 11.5 Å². The number of fused-ring (bicyclic) bond motifs is 1. The number of likely N-dealkylation sites (N-methyl/N-ethyl adjacent to an activating group) is 1. The Labute approximate surface area is 152 Å². The quantitative estimate of drug-likeness (QED) is 0.801. The molecule has 1 aromatic carbocycles. The molecular weight excluding hydrogens is 337 g/mol. The minimum Gasteiger partial charge on any atom is -0.396 e. The van der Waals surface area contributed by atoms with Crippen molar-refractivity contribution < 1.29 is 19.4 Å². The van der Waals surface area contributed by atoms with Gasteiger partial charge < -0.3 is 24.6 Å². The third-order valence-electron chi connectivity index (χ3n) is 5.35. The van der Waals surface area contributed by atoms with Crippen molar-refractivity contribution in [3.8, 4) is 0 Å². The van der Waals surface area contributed by atoms with Crippen molar-refractivity contribution in [2.75, 3.05) is 46.4 Å². The number of nitrogens with zero attached hydrogens (tertiary/aromatic N) is 3. The Morgan fingerprint density at radius 1 is 1.27 bits per heavy atom.